The first kappa shape index (κ1) is 15.0. The summed E-state index contributed by atoms with van der Waals surface area (Å²) >= 11 is 0. The van der Waals surface area contributed by atoms with Gasteiger partial charge in [-0.3, -0.25) is 0 Å². The smallest absolute Gasteiger partial charge is 0.373 e. The summed E-state index contributed by atoms with van der Waals surface area (Å²) in [5.74, 6) is -0.167. The van der Waals surface area contributed by atoms with E-state index in [0.717, 1.165) is 19.4 Å². The molecule has 0 saturated carbocycles. The average molecular weight is 230 g/mol. The SMILES string of the molecule is CC=C(OCCOCCCC)C(=O)OCC. The van der Waals surface area contributed by atoms with Crippen LogP contribution >= 0.6 is 0 Å². The van der Waals surface area contributed by atoms with E-state index in [1.165, 1.54) is 0 Å². The molecule has 0 aliphatic rings. The van der Waals surface area contributed by atoms with Gasteiger partial charge >= 0.3 is 5.97 Å². The number of carbonyl (C=O) groups excluding carboxylic acids is 1. The van der Waals surface area contributed by atoms with Gasteiger partial charge in [0, 0.05) is 6.61 Å². The molecule has 0 saturated heterocycles. The van der Waals surface area contributed by atoms with Crippen molar-refractivity contribution in [3.8, 4) is 0 Å². The minimum atomic E-state index is -0.418. The normalized spacial score (nSPS) is 11.3. The maximum atomic E-state index is 11.3. The van der Waals surface area contributed by atoms with Crippen LogP contribution in [0, 0.1) is 0 Å². The number of allylic oxidation sites excluding steroid dienone is 1. The van der Waals surface area contributed by atoms with Gasteiger partial charge in [0.2, 0.25) is 0 Å². The highest BCUT2D eigenvalue weighted by Gasteiger charge is 2.09. The van der Waals surface area contributed by atoms with Crippen LogP contribution in [0.2, 0.25) is 0 Å². The molecule has 0 atom stereocenters. The molecule has 0 spiro atoms. The third-order valence-electron chi connectivity index (χ3n) is 1.87. The first-order valence-corrected chi connectivity index (χ1v) is 5.80. The van der Waals surface area contributed by atoms with Gasteiger partial charge < -0.3 is 14.2 Å². The standard InChI is InChI=1S/C12H22O4/c1-4-7-8-14-9-10-16-11(5-2)12(13)15-6-3/h5H,4,6-10H2,1-3H3. The van der Waals surface area contributed by atoms with Crippen molar-refractivity contribution >= 4 is 5.97 Å². The maximum absolute atomic E-state index is 11.3. The molecule has 0 aromatic rings. The van der Waals surface area contributed by atoms with Gasteiger partial charge in [-0.15, -0.1) is 0 Å². The van der Waals surface area contributed by atoms with Crippen LogP contribution in [0.5, 0.6) is 0 Å². The van der Waals surface area contributed by atoms with Gasteiger partial charge in [-0.1, -0.05) is 13.3 Å². The van der Waals surface area contributed by atoms with Crippen molar-refractivity contribution in [3.05, 3.63) is 11.8 Å². The number of hydrogen-bond acceptors (Lipinski definition) is 4. The third kappa shape index (κ3) is 7.29. The largest absolute Gasteiger partial charge is 0.484 e. The summed E-state index contributed by atoms with van der Waals surface area (Å²) in [6, 6.07) is 0. The molecule has 4 heteroatoms. The van der Waals surface area contributed by atoms with E-state index in [4.69, 9.17) is 14.2 Å². The van der Waals surface area contributed by atoms with Crippen LogP contribution < -0.4 is 0 Å². The molecule has 0 heterocycles. The highest BCUT2D eigenvalue weighted by atomic mass is 16.6. The quantitative estimate of drug-likeness (QED) is 0.264. The minimum absolute atomic E-state index is 0.251. The molecule has 0 aliphatic carbocycles. The highest BCUT2D eigenvalue weighted by Crippen LogP contribution is 2.00. The van der Waals surface area contributed by atoms with Crippen molar-refractivity contribution in [2.45, 2.75) is 33.6 Å². The van der Waals surface area contributed by atoms with Crippen LogP contribution in [0.25, 0.3) is 0 Å². The number of ether oxygens (including phenoxy) is 3. The van der Waals surface area contributed by atoms with Crippen molar-refractivity contribution in [2.24, 2.45) is 0 Å². The molecule has 0 bridgehead atoms. The number of unbranched alkanes of at least 4 members (excludes halogenated alkanes) is 1. The Balaban J connectivity index is 3.60. The summed E-state index contributed by atoms with van der Waals surface area (Å²) in [6.45, 7) is 7.58. The fourth-order valence-corrected chi connectivity index (χ4v) is 1.02. The summed E-state index contributed by atoms with van der Waals surface area (Å²) in [5, 5.41) is 0. The zero-order valence-electron chi connectivity index (χ0n) is 10.5. The van der Waals surface area contributed by atoms with Crippen molar-refractivity contribution in [1.82, 2.24) is 0 Å². The average Bonchev–Trinajstić information content (AvgIpc) is 2.28. The van der Waals surface area contributed by atoms with Gasteiger partial charge in [-0.2, -0.15) is 0 Å². The Morgan fingerprint density at radius 2 is 1.88 bits per heavy atom. The molecule has 0 N–H and O–H groups in total. The Labute approximate surface area is 97.6 Å². The second-order valence-corrected chi connectivity index (χ2v) is 3.19. The van der Waals surface area contributed by atoms with Gasteiger partial charge in [-0.25, -0.2) is 4.79 Å². The lowest BCUT2D eigenvalue weighted by molar-refractivity contribution is -0.142. The first-order valence-electron chi connectivity index (χ1n) is 5.80. The van der Waals surface area contributed by atoms with Crippen molar-refractivity contribution in [1.29, 1.82) is 0 Å². The topological polar surface area (TPSA) is 44.8 Å². The lowest BCUT2D eigenvalue weighted by Crippen LogP contribution is -2.13. The monoisotopic (exact) mass is 230 g/mol. The van der Waals surface area contributed by atoms with E-state index in [1.54, 1.807) is 19.9 Å². The fourth-order valence-electron chi connectivity index (χ4n) is 1.02. The molecule has 0 fully saturated rings. The van der Waals surface area contributed by atoms with E-state index in [1.807, 2.05) is 0 Å². The van der Waals surface area contributed by atoms with Crippen LogP contribution in [0.15, 0.2) is 11.8 Å². The number of esters is 1. The molecule has 4 nitrogen and oxygen atoms in total. The zero-order chi connectivity index (χ0) is 12.2. The first-order chi connectivity index (χ1) is 7.76. The van der Waals surface area contributed by atoms with E-state index in [-0.39, 0.29) is 5.76 Å². The van der Waals surface area contributed by atoms with E-state index >= 15 is 0 Å². The molecule has 0 amide bonds. The number of rotatable bonds is 9. The van der Waals surface area contributed by atoms with E-state index in [0.29, 0.717) is 19.8 Å². The van der Waals surface area contributed by atoms with Gasteiger partial charge in [0.15, 0.2) is 5.76 Å². The minimum Gasteiger partial charge on any atom is -0.484 e. The fraction of sp³-hybridized carbons (Fsp3) is 0.750. The van der Waals surface area contributed by atoms with Gasteiger partial charge in [0.05, 0.1) is 13.2 Å². The van der Waals surface area contributed by atoms with Gasteiger partial charge in [0.1, 0.15) is 6.61 Å². The molecular weight excluding hydrogens is 208 g/mol. The van der Waals surface area contributed by atoms with Crippen molar-refractivity contribution in [3.63, 3.8) is 0 Å². The Morgan fingerprint density at radius 1 is 1.12 bits per heavy atom. The summed E-state index contributed by atoms with van der Waals surface area (Å²) in [7, 11) is 0. The summed E-state index contributed by atoms with van der Waals surface area (Å²) in [5.41, 5.74) is 0. The van der Waals surface area contributed by atoms with Crippen LogP contribution in [-0.4, -0.2) is 32.4 Å². The van der Waals surface area contributed by atoms with Crippen LogP contribution in [0.4, 0.5) is 0 Å². The van der Waals surface area contributed by atoms with Crippen molar-refractivity contribution in [2.75, 3.05) is 26.4 Å². The van der Waals surface area contributed by atoms with Crippen LogP contribution in [0.3, 0.4) is 0 Å². The summed E-state index contributed by atoms with van der Waals surface area (Å²) < 4.78 is 15.4. The Morgan fingerprint density at radius 3 is 2.44 bits per heavy atom. The van der Waals surface area contributed by atoms with Crippen LogP contribution in [-0.2, 0) is 19.0 Å². The predicted octanol–water partition coefficient (Wildman–Crippen LogP) is 2.29. The third-order valence-corrected chi connectivity index (χ3v) is 1.87. The van der Waals surface area contributed by atoms with Gasteiger partial charge in [-0.05, 0) is 26.3 Å². The molecule has 0 aliphatic heterocycles. The highest BCUT2D eigenvalue weighted by molar-refractivity contribution is 5.86. The predicted molar refractivity (Wildman–Crippen MR) is 62.1 cm³/mol. The zero-order valence-corrected chi connectivity index (χ0v) is 10.5. The van der Waals surface area contributed by atoms with Crippen molar-refractivity contribution < 1.29 is 19.0 Å². The molecule has 16 heavy (non-hydrogen) atoms. The second-order valence-electron chi connectivity index (χ2n) is 3.19. The lowest BCUT2D eigenvalue weighted by atomic mass is 10.4. The summed E-state index contributed by atoms with van der Waals surface area (Å²) in [4.78, 5) is 11.3. The second kappa shape index (κ2) is 10.5. The molecular formula is C12H22O4. The molecule has 0 unspecified atom stereocenters. The Kier molecular flexibility index (Phi) is 9.81. The molecule has 0 rings (SSSR count). The molecule has 0 aromatic carbocycles. The Bertz CT molecular complexity index is 211. The molecule has 0 radical (unpaired) electrons. The van der Waals surface area contributed by atoms with Gasteiger partial charge in [0.25, 0.3) is 0 Å². The lowest BCUT2D eigenvalue weighted by Gasteiger charge is -2.09. The maximum Gasteiger partial charge on any atom is 0.373 e. The van der Waals surface area contributed by atoms with E-state index in [2.05, 4.69) is 6.92 Å². The van der Waals surface area contributed by atoms with E-state index < -0.39 is 5.97 Å². The molecule has 94 valence electrons. The number of hydrogen-bond donors (Lipinski definition) is 0. The molecule has 0 aromatic heterocycles. The Hall–Kier alpha value is -1.03. The number of carbonyl (C=O) groups is 1. The van der Waals surface area contributed by atoms with Crippen LogP contribution in [0.1, 0.15) is 33.6 Å². The summed E-state index contributed by atoms with van der Waals surface area (Å²) in [6.07, 6.45) is 3.77. The van der Waals surface area contributed by atoms with E-state index in [9.17, 15) is 4.79 Å².